The zero-order valence-corrected chi connectivity index (χ0v) is 26.9. The summed E-state index contributed by atoms with van der Waals surface area (Å²) in [7, 11) is 0. The molecule has 226 valence electrons. The van der Waals surface area contributed by atoms with E-state index in [0.29, 0.717) is 0 Å². The zero-order valence-electron chi connectivity index (χ0n) is 26.9. The second kappa shape index (κ2) is 14.0. The highest BCUT2D eigenvalue weighted by molar-refractivity contribution is 5.83. The van der Waals surface area contributed by atoms with Gasteiger partial charge in [0.1, 0.15) is 0 Å². The topological polar surface area (TPSA) is 18.8 Å². The van der Waals surface area contributed by atoms with Crippen molar-refractivity contribution in [2.24, 2.45) is 5.10 Å². The molecule has 0 radical (unpaired) electrons. The van der Waals surface area contributed by atoms with Crippen LogP contribution in [0, 0.1) is 27.7 Å². The van der Waals surface area contributed by atoms with Gasteiger partial charge >= 0.3 is 0 Å². The van der Waals surface area contributed by atoms with Gasteiger partial charge in [-0.05, 0) is 127 Å². The van der Waals surface area contributed by atoms with Gasteiger partial charge in [-0.1, -0.05) is 97.1 Å². The van der Waals surface area contributed by atoms with Gasteiger partial charge in [-0.2, -0.15) is 5.10 Å². The Labute approximate surface area is 273 Å². The Kier molecular flexibility index (Phi) is 9.22. The van der Waals surface area contributed by atoms with Crippen molar-refractivity contribution in [3.63, 3.8) is 0 Å². The van der Waals surface area contributed by atoms with Crippen LogP contribution in [-0.2, 0) is 0 Å². The first kappa shape index (κ1) is 30.4. The van der Waals surface area contributed by atoms with E-state index in [1.54, 1.807) is 0 Å². The Bertz CT molecular complexity index is 1890. The van der Waals surface area contributed by atoms with Crippen molar-refractivity contribution in [1.29, 1.82) is 0 Å². The average Bonchev–Trinajstić information content (AvgIpc) is 3.05. The molecule has 3 nitrogen and oxygen atoms in total. The van der Waals surface area contributed by atoms with Crippen molar-refractivity contribution in [3.8, 4) is 0 Å². The fraction of sp³-hybridized carbons (Fsp3) is 0.0930. The Morgan fingerprint density at radius 2 is 0.761 bits per heavy atom. The minimum atomic E-state index is 1.04. The van der Waals surface area contributed by atoms with E-state index in [9.17, 15) is 0 Å². The van der Waals surface area contributed by atoms with Crippen molar-refractivity contribution in [3.05, 3.63) is 185 Å². The Hall–Kier alpha value is -5.67. The van der Waals surface area contributed by atoms with Crippen LogP contribution in [0.2, 0.25) is 0 Å². The van der Waals surface area contributed by atoms with Gasteiger partial charge in [0, 0.05) is 17.1 Å². The summed E-state index contributed by atoms with van der Waals surface area (Å²) in [5.41, 5.74) is 13.7. The van der Waals surface area contributed by atoms with E-state index in [4.69, 9.17) is 5.10 Å². The van der Waals surface area contributed by atoms with Gasteiger partial charge in [0.05, 0.1) is 17.6 Å². The summed E-state index contributed by atoms with van der Waals surface area (Å²) in [5, 5.41) is 6.90. The lowest BCUT2D eigenvalue weighted by Gasteiger charge is -2.26. The van der Waals surface area contributed by atoms with Crippen LogP contribution in [0.15, 0.2) is 151 Å². The van der Waals surface area contributed by atoms with Crippen LogP contribution in [0.5, 0.6) is 0 Å². The molecule has 0 N–H and O–H groups in total. The highest BCUT2D eigenvalue weighted by Gasteiger charge is 2.13. The number of hydrogen-bond acceptors (Lipinski definition) is 3. The number of benzene rings is 6. The maximum Gasteiger partial charge on any atom is 0.0655 e. The van der Waals surface area contributed by atoms with Gasteiger partial charge < -0.3 is 4.90 Å². The molecule has 0 aliphatic carbocycles. The van der Waals surface area contributed by atoms with Crippen LogP contribution in [0.3, 0.4) is 0 Å². The van der Waals surface area contributed by atoms with E-state index < -0.39 is 0 Å². The monoisotopic (exact) mass is 597 g/mol. The van der Waals surface area contributed by atoms with Gasteiger partial charge in [0.2, 0.25) is 0 Å². The van der Waals surface area contributed by atoms with Gasteiger partial charge in [0.15, 0.2) is 0 Å². The van der Waals surface area contributed by atoms with E-state index >= 15 is 0 Å². The molecule has 0 aliphatic heterocycles. The summed E-state index contributed by atoms with van der Waals surface area (Å²) in [5.74, 6) is 0. The standard InChI is InChI=1S/C43H39N3/c1-32-9-5-13-40(27-32)45(41-14-6-10-33(2)28-41)39-25-23-37(24-26-39)18-17-36-19-21-38(22-20-36)31-44-46(42-15-7-11-34(3)29-42)43-16-8-12-35(4)30-43/h5-31H,1-4H3/b18-17+,44-31+. The smallest absolute Gasteiger partial charge is 0.0655 e. The molecule has 0 fully saturated rings. The molecule has 0 unspecified atom stereocenters. The summed E-state index contributed by atoms with van der Waals surface area (Å²) in [6.45, 7) is 8.48. The number of hydrazone groups is 1. The Morgan fingerprint density at radius 3 is 1.20 bits per heavy atom. The maximum absolute atomic E-state index is 4.90. The van der Waals surface area contributed by atoms with Crippen LogP contribution < -0.4 is 9.91 Å². The SMILES string of the molecule is Cc1cccc(N(/N=C/c2ccc(/C=C/c3ccc(N(c4cccc(C)c4)c4cccc(C)c4)cc3)cc2)c2cccc(C)c2)c1. The summed E-state index contributed by atoms with van der Waals surface area (Å²) in [6.07, 6.45) is 6.24. The predicted molar refractivity (Wildman–Crippen MR) is 198 cm³/mol. The first-order valence-electron chi connectivity index (χ1n) is 15.7. The van der Waals surface area contributed by atoms with E-state index in [-0.39, 0.29) is 0 Å². The van der Waals surface area contributed by atoms with Gasteiger partial charge in [-0.25, -0.2) is 5.01 Å². The number of nitrogens with zero attached hydrogens (tertiary/aromatic N) is 3. The Balaban J connectivity index is 1.19. The van der Waals surface area contributed by atoms with E-state index in [1.165, 1.54) is 22.3 Å². The number of anilines is 5. The molecule has 0 atom stereocenters. The van der Waals surface area contributed by atoms with Crippen LogP contribution in [0.1, 0.15) is 38.9 Å². The second-order valence-electron chi connectivity index (χ2n) is 11.8. The lowest BCUT2D eigenvalue weighted by molar-refractivity contribution is 1.09. The third-order valence-corrected chi connectivity index (χ3v) is 7.89. The molecule has 0 spiro atoms. The number of aryl methyl sites for hydroxylation is 4. The molecule has 0 saturated carbocycles. The summed E-state index contributed by atoms with van der Waals surface area (Å²) in [6, 6.07) is 51.4. The summed E-state index contributed by atoms with van der Waals surface area (Å²) in [4.78, 5) is 2.31. The molecular weight excluding hydrogens is 558 g/mol. The third kappa shape index (κ3) is 7.51. The van der Waals surface area contributed by atoms with Crippen molar-refractivity contribution in [1.82, 2.24) is 0 Å². The molecule has 46 heavy (non-hydrogen) atoms. The molecular formula is C43H39N3. The predicted octanol–water partition coefficient (Wildman–Crippen LogP) is 11.7. The summed E-state index contributed by atoms with van der Waals surface area (Å²) < 4.78 is 0. The van der Waals surface area contributed by atoms with Crippen LogP contribution in [0.25, 0.3) is 12.2 Å². The molecule has 0 aromatic heterocycles. The van der Waals surface area contributed by atoms with Crippen LogP contribution >= 0.6 is 0 Å². The summed E-state index contributed by atoms with van der Waals surface area (Å²) >= 11 is 0. The van der Waals surface area contributed by atoms with Gasteiger partial charge in [0.25, 0.3) is 0 Å². The highest BCUT2D eigenvalue weighted by atomic mass is 15.5. The fourth-order valence-electron chi connectivity index (χ4n) is 5.53. The zero-order chi connectivity index (χ0) is 31.9. The largest absolute Gasteiger partial charge is 0.310 e. The van der Waals surface area contributed by atoms with Gasteiger partial charge in [-0.15, -0.1) is 0 Å². The molecule has 6 aromatic carbocycles. The Morgan fingerprint density at radius 1 is 0.391 bits per heavy atom. The van der Waals surface area contributed by atoms with Crippen molar-refractivity contribution in [2.75, 3.05) is 9.91 Å². The number of hydrogen-bond donors (Lipinski definition) is 0. The molecule has 0 heterocycles. The molecule has 3 heteroatoms. The van der Waals surface area contributed by atoms with E-state index in [0.717, 1.165) is 45.1 Å². The van der Waals surface area contributed by atoms with Gasteiger partial charge in [-0.3, -0.25) is 0 Å². The molecule has 0 saturated heterocycles. The maximum atomic E-state index is 4.90. The van der Waals surface area contributed by atoms with Crippen molar-refractivity contribution < 1.29 is 0 Å². The average molecular weight is 598 g/mol. The molecule has 0 aliphatic rings. The lowest BCUT2D eigenvalue weighted by atomic mass is 10.1. The second-order valence-corrected chi connectivity index (χ2v) is 11.8. The molecule has 6 rings (SSSR count). The minimum Gasteiger partial charge on any atom is -0.310 e. The quantitative estimate of drug-likeness (QED) is 0.0938. The van der Waals surface area contributed by atoms with Crippen molar-refractivity contribution in [2.45, 2.75) is 27.7 Å². The van der Waals surface area contributed by atoms with Crippen LogP contribution in [-0.4, -0.2) is 6.21 Å². The van der Waals surface area contributed by atoms with E-state index in [2.05, 4.69) is 190 Å². The molecule has 0 bridgehead atoms. The van der Waals surface area contributed by atoms with Crippen LogP contribution in [0.4, 0.5) is 28.4 Å². The normalized spacial score (nSPS) is 11.3. The minimum absolute atomic E-state index is 1.04. The fourth-order valence-corrected chi connectivity index (χ4v) is 5.53. The first-order chi connectivity index (χ1) is 22.4. The first-order valence-corrected chi connectivity index (χ1v) is 15.7. The highest BCUT2D eigenvalue weighted by Crippen LogP contribution is 2.35. The third-order valence-electron chi connectivity index (χ3n) is 7.89. The molecule has 6 aromatic rings. The molecule has 0 amide bonds. The van der Waals surface area contributed by atoms with E-state index in [1.807, 2.05) is 11.2 Å². The van der Waals surface area contributed by atoms with Crippen molar-refractivity contribution >= 4 is 46.8 Å². The number of rotatable bonds is 9. The lowest BCUT2D eigenvalue weighted by Crippen LogP contribution is -2.10.